The number of benzene rings is 1. The Labute approximate surface area is 145 Å². The fourth-order valence-electron chi connectivity index (χ4n) is 2.36. The van der Waals surface area contributed by atoms with Crippen LogP contribution in [0.15, 0.2) is 29.1 Å². The molecule has 2 rings (SSSR count). The SMILES string of the molecule is COC(=O)Cc1nn(C(C)C(=O)OC(C)(C)C)c(=O)c2ccccc12. The van der Waals surface area contributed by atoms with E-state index in [1.165, 1.54) is 7.11 Å². The second kappa shape index (κ2) is 7.04. The van der Waals surface area contributed by atoms with Crippen LogP contribution in [0.1, 0.15) is 39.4 Å². The summed E-state index contributed by atoms with van der Waals surface area (Å²) in [4.78, 5) is 36.7. The smallest absolute Gasteiger partial charge is 0.331 e. The van der Waals surface area contributed by atoms with Crippen molar-refractivity contribution in [3.05, 3.63) is 40.3 Å². The highest BCUT2D eigenvalue weighted by molar-refractivity contribution is 5.87. The molecule has 1 aromatic carbocycles. The van der Waals surface area contributed by atoms with Crippen molar-refractivity contribution in [1.82, 2.24) is 9.78 Å². The summed E-state index contributed by atoms with van der Waals surface area (Å²) in [5.74, 6) is -1.05. The van der Waals surface area contributed by atoms with E-state index >= 15 is 0 Å². The van der Waals surface area contributed by atoms with Crippen LogP contribution in [0.4, 0.5) is 0 Å². The van der Waals surface area contributed by atoms with Crippen LogP contribution in [0.3, 0.4) is 0 Å². The van der Waals surface area contributed by atoms with Crippen LogP contribution in [-0.2, 0) is 25.5 Å². The van der Waals surface area contributed by atoms with E-state index in [0.29, 0.717) is 16.5 Å². The van der Waals surface area contributed by atoms with Crippen molar-refractivity contribution in [2.75, 3.05) is 7.11 Å². The van der Waals surface area contributed by atoms with Gasteiger partial charge in [0.05, 0.1) is 24.6 Å². The maximum atomic E-state index is 12.7. The molecule has 1 aromatic heterocycles. The van der Waals surface area contributed by atoms with Crippen molar-refractivity contribution in [3.8, 4) is 0 Å². The van der Waals surface area contributed by atoms with Crippen molar-refractivity contribution >= 4 is 22.7 Å². The number of hydrogen-bond donors (Lipinski definition) is 0. The van der Waals surface area contributed by atoms with Crippen molar-refractivity contribution in [2.45, 2.75) is 45.8 Å². The largest absolute Gasteiger partial charge is 0.469 e. The van der Waals surface area contributed by atoms with E-state index in [1.54, 1.807) is 52.0 Å². The molecule has 0 fully saturated rings. The van der Waals surface area contributed by atoms with Gasteiger partial charge >= 0.3 is 11.9 Å². The van der Waals surface area contributed by atoms with Crippen LogP contribution in [-0.4, -0.2) is 34.4 Å². The Morgan fingerprint density at radius 1 is 1.20 bits per heavy atom. The molecular weight excluding hydrogens is 324 g/mol. The van der Waals surface area contributed by atoms with E-state index in [9.17, 15) is 14.4 Å². The zero-order valence-corrected chi connectivity index (χ0v) is 15.0. The van der Waals surface area contributed by atoms with Crippen molar-refractivity contribution in [2.24, 2.45) is 0 Å². The zero-order chi connectivity index (χ0) is 18.8. The highest BCUT2D eigenvalue weighted by Gasteiger charge is 2.26. The number of carbonyl (C=O) groups excluding carboxylic acids is 2. The number of nitrogens with zero attached hydrogens (tertiary/aromatic N) is 2. The lowest BCUT2D eigenvalue weighted by atomic mass is 10.1. The molecule has 0 saturated heterocycles. The molecule has 0 amide bonds. The summed E-state index contributed by atoms with van der Waals surface area (Å²) in [5, 5.41) is 5.18. The van der Waals surface area contributed by atoms with E-state index in [0.717, 1.165) is 4.68 Å². The molecule has 0 aliphatic carbocycles. The van der Waals surface area contributed by atoms with Gasteiger partial charge in [-0.25, -0.2) is 9.48 Å². The Balaban J connectivity index is 2.56. The summed E-state index contributed by atoms with van der Waals surface area (Å²) in [6, 6.07) is 5.90. The molecule has 0 N–H and O–H groups in total. The average Bonchev–Trinajstić information content (AvgIpc) is 2.55. The molecule has 0 aliphatic heterocycles. The first-order valence-electron chi connectivity index (χ1n) is 7.94. The van der Waals surface area contributed by atoms with E-state index in [1.807, 2.05) is 0 Å². The molecule has 2 aromatic rings. The topological polar surface area (TPSA) is 87.5 Å². The van der Waals surface area contributed by atoms with Gasteiger partial charge in [0.15, 0.2) is 6.04 Å². The molecule has 7 nitrogen and oxygen atoms in total. The van der Waals surface area contributed by atoms with Crippen LogP contribution in [0, 0.1) is 0 Å². The van der Waals surface area contributed by atoms with Gasteiger partial charge in [-0.05, 0) is 33.8 Å². The minimum Gasteiger partial charge on any atom is -0.469 e. The fourth-order valence-corrected chi connectivity index (χ4v) is 2.36. The average molecular weight is 346 g/mol. The second-order valence-electron chi connectivity index (χ2n) is 6.70. The van der Waals surface area contributed by atoms with E-state index in [-0.39, 0.29) is 6.42 Å². The molecule has 134 valence electrons. The molecule has 0 spiro atoms. The minimum absolute atomic E-state index is 0.0989. The third kappa shape index (κ3) is 4.23. The summed E-state index contributed by atoms with van der Waals surface area (Å²) in [6.07, 6.45) is -0.0989. The molecular formula is C18H22N2O5. The fraction of sp³-hybridized carbons (Fsp3) is 0.444. The van der Waals surface area contributed by atoms with E-state index in [4.69, 9.17) is 4.74 Å². The van der Waals surface area contributed by atoms with Gasteiger partial charge < -0.3 is 9.47 Å². The number of ether oxygens (including phenoxy) is 2. The first-order chi connectivity index (χ1) is 11.6. The summed E-state index contributed by atoms with van der Waals surface area (Å²) >= 11 is 0. The lowest BCUT2D eigenvalue weighted by Crippen LogP contribution is -2.35. The van der Waals surface area contributed by atoms with Gasteiger partial charge in [0.25, 0.3) is 5.56 Å². The summed E-state index contributed by atoms with van der Waals surface area (Å²) in [7, 11) is 1.28. The lowest BCUT2D eigenvalue weighted by molar-refractivity contribution is -0.158. The first kappa shape index (κ1) is 18.6. The molecule has 1 atom stereocenters. The molecule has 0 radical (unpaired) electrons. The Hall–Kier alpha value is -2.70. The molecule has 7 heteroatoms. The Bertz CT molecular complexity index is 864. The number of hydrogen-bond acceptors (Lipinski definition) is 6. The highest BCUT2D eigenvalue weighted by atomic mass is 16.6. The third-order valence-corrected chi connectivity index (χ3v) is 3.56. The van der Waals surface area contributed by atoms with Gasteiger partial charge in [0, 0.05) is 5.39 Å². The minimum atomic E-state index is -0.923. The number of esters is 2. The predicted octanol–water partition coefficient (Wildman–Crippen LogP) is 2.01. The normalized spacial score (nSPS) is 12.7. The molecule has 0 aliphatic rings. The van der Waals surface area contributed by atoms with Gasteiger partial charge in [-0.3, -0.25) is 9.59 Å². The molecule has 25 heavy (non-hydrogen) atoms. The molecule has 0 bridgehead atoms. The first-order valence-corrected chi connectivity index (χ1v) is 7.94. The van der Waals surface area contributed by atoms with Gasteiger partial charge in [0.2, 0.25) is 0 Å². The number of aromatic nitrogens is 2. The van der Waals surface area contributed by atoms with Crippen molar-refractivity contribution in [3.63, 3.8) is 0 Å². The van der Waals surface area contributed by atoms with Gasteiger partial charge in [0.1, 0.15) is 5.60 Å². The maximum absolute atomic E-state index is 12.7. The number of carbonyl (C=O) groups is 2. The Morgan fingerprint density at radius 2 is 1.80 bits per heavy atom. The zero-order valence-electron chi connectivity index (χ0n) is 15.0. The van der Waals surface area contributed by atoms with Gasteiger partial charge in [-0.15, -0.1) is 0 Å². The Morgan fingerprint density at radius 3 is 2.36 bits per heavy atom. The van der Waals surface area contributed by atoms with Crippen LogP contribution in [0.2, 0.25) is 0 Å². The van der Waals surface area contributed by atoms with Gasteiger partial charge in [-0.2, -0.15) is 5.10 Å². The van der Waals surface area contributed by atoms with Crippen LogP contribution >= 0.6 is 0 Å². The molecule has 1 unspecified atom stereocenters. The third-order valence-electron chi connectivity index (χ3n) is 3.56. The summed E-state index contributed by atoms with van der Waals surface area (Å²) < 4.78 is 11.1. The highest BCUT2D eigenvalue weighted by Crippen LogP contribution is 2.18. The predicted molar refractivity (Wildman–Crippen MR) is 92.3 cm³/mol. The lowest BCUT2D eigenvalue weighted by Gasteiger charge is -2.23. The second-order valence-corrected chi connectivity index (χ2v) is 6.70. The van der Waals surface area contributed by atoms with Crippen molar-refractivity contribution in [1.29, 1.82) is 0 Å². The number of methoxy groups -OCH3 is 1. The van der Waals surface area contributed by atoms with E-state index < -0.39 is 29.1 Å². The molecule has 1 heterocycles. The summed E-state index contributed by atoms with van der Waals surface area (Å²) in [5.41, 5.74) is -0.722. The molecule has 0 saturated carbocycles. The Kier molecular flexibility index (Phi) is 5.25. The summed E-state index contributed by atoms with van der Waals surface area (Å²) in [6.45, 7) is 6.78. The van der Waals surface area contributed by atoms with Crippen LogP contribution in [0.25, 0.3) is 10.8 Å². The van der Waals surface area contributed by atoms with Crippen LogP contribution in [0.5, 0.6) is 0 Å². The van der Waals surface area contributed by atoms with Crippen molar-refractivity contribution < 1.29 is 19.1 Å². The monoisotopic (exact) mass is 346 g/mol. The maximum Gasteiger partial charge on any atom is 0.331 e. The standard InChI is InChI=1S/C18H22N2O5/c1-11(17(23)25-18(2,3)4)20-16(22)13-9-7-6-8-12(13)14(19-20)10-15(21)24-5/h6-9,11H,10H2,1-5H3. The number of fused-ring (bicyclic) bond motifs is 1. The quantitative estimate of drug-likeness (QED) is 0.787. The van der Waals surface area contributed by atoms with E-state index in [2.05, 4.69) is 9.84 Å². The van der Waals surface area contributed by atoms with Gasteiger partial charge in [-0.1, -0.05) is 18.2 Å². The van der Waals surface area contributed by atoms with Crippen LogP contribution < -0.4 is 5.56 Å². The number of rotatable bonds is 4.